The number of halogens is 1. The number of anilines is 2. The van der Waals surface area contributed by atoms with Gasteiger partial charge >= 0.3 is 6.03 Å². The molecule has 2 aromatic carbocycles. The average molecular weight is 315 g/mol. The van der Waals surface area contributed by atoms with Crippen molar-refractivity contribution >= 4 is 29.0 Å². The zero-order valence-corrected chi connectivity index (χ0v) is 12.0. The van der Waals surface area contributed by atoms with Crippen LogP contribution in [0.1, 0.15) is 0 Å². The van der Waals surface area contributed by atoms with Crippen molar-refractivity contribution in [2.24, 2.45) is 0 Å². The van der Waals surface area contributed by atoms with E-state index in [2.05, 4.69) is 31.3 Å². The first-order valence-corrected chi connectivity index (χ1v) is 6.76. The highest BCUT2D eigenvalue weighted by atomic mass is 35.5. The van der Waals surface area contributed by atoms with Crippen molar-refractivity contribution in [3.63, 3.8) is 0 Å². The average Bonchev–Trinajstić information content (AvgIpc) is 3.02. The van der Waals surface area contributed by atoms with E-state index >= 15 is 0 Å². The molecule has 0 saturated carbocycles. The fourth-order valence-corrected chi connectivity index (χ4v) is 2.04. The molecular formula is C14H11ClN6O. The second-order valence-corrected chi connectivity index (χ2v) is 4.84. The highest BCUT2D eigenvalue weighted by molar-refractivity contribution is 6.30. The summed E-state index contributed by atoms with van der Waals surface area (Å²) in [6.07, 6.45) is 0. The molecule has 3 N–H and O–H groups in total. The molecule has 0 aliphatic carbocycles. The molecule has 0 spiro atoms. The summed E-state index contributed by atoms with van der Waals surface area (Å²) in [5.74, 6) is 0.495. The summed E-state index contributed by atoms with van der Waals surface area (Å²) in [4.78, 5) is 11.9. The number of hydrogen-bond donors (Lipinski definition) is 3. The van der Waals surface area contributed by atoms with Crippen molar-refractivity contribution in [2.45, 2.75) is 0 Å². The Balaban J connectivity index is 1.64. The zero-order chi connectivity index (χ0) is 15.4. The van der Waals surface area contributed by atoms with Crippen LogP contribution in [0.4, 0.5) is 16.2 Å². The molecule has 3 rings (SSSR count). The van der Waals surface area contributed by atoms with Crippen LogP contribution >= 0.6 is 11.6 Å². The number of carbonyl (C=O) groups is 1. The summed E-state index contributed by atoms with van der Waals surface area (Å²) in [5, 5.41) is 19.6. The molecule has 0 radical (unpaired) electrons. The fraction of sp³-hybridized carbons (Fsp3) is 0. The standard InChI is InChI=1S/C14H11ClN6O/c15-10-2-1-3-12(8-10)17-14(22)16-11-6-4-9(5-7-11)13-18-20-21-19-13/h1-8H,(H2,16,17,22)(H,18,19,20,21). The quantitative estimate of drug-likeness (QED) is 0.692. The Morgan fingerprint density at radius 3 is 2.50 bits per heavy atom. The van der Waals surface area contributed by atoms with Crippen LogP contribution in [0.3, 0.4) is 0 Å². The maximum absolute atomic E-state index is 11.9. The van der Waals surface area contributed by atoms with Gasteiger partial charge in [0.25, 0.3) is 0 Å². The number of rotatable bonds is 3. The zero-order valence-electron chi connectivity index (χ0n) is 11.2. The van der Waals surface area contributed by atoms with Crippen LogP contribution in [0.2, 0.25) is 5.02 Å². The van der Waals surface area contributed by atoms with Gasteiger partial charge in [0.05, 0.1) is 0 Å². The largest absolute Gasteiger partial charge is 0.323 e. The molecule has 7 nitrogen and oxygen atoms in total. The molecule has 0 aliphatic rings. The van der Waals surface area contributed by atoms with Gasteiger partial charge in [-0.2, -0.15) is 5.21 Å². The minimum absolute atomic E-state index is 0.352. The molecule has 8 heteroatoms. The van der Waals surface area contributed by atoms with Gasteiger partial charge in [0.2, 0.25) is 5.82 Å². The van der Waals surface area contributed by atoms with Crippen molar-refractivity contribution in [2.75, 3.05) is 10.6 Å². The molecule has 0 saturated heterocycles. The van der Waals surface area contributed by atoms with E-state index < -0.39 is 0 Å². The lowest BCUT2D eigenvalue weighted by Crippen LogP contribution is -2.19. The van der Waals surface area contributed by atoms with E-state index in [-0.39, 0.29) is 6.03 Å². The van der Waals surface area contributed by atoms with E-state index in [1.165, 1.54) is 0 Å². The van der Waals surface area contributed by atoms with E-state index in [9.17, 15) is 4.79 Å². The van der Waals surface area contributed by atoms with E-state index in [0.717, 1.165) is 5.56 Å². The summed E-state index contributed by atoms with van der Waals surface area (Å²) in [6, 6.07) is 13.7. The van der Waals surface area contributed by atoms with Gasteiger partial charge in [-0.05, 0) is 47.7 Å². The number of aromatic amines is 1. The lowest BCUT2D eigenvalue weighted by molar-refractivity contribution is 0.262. The smallest absolute Gasteiger partial charge is 0.308 e. The molecule has 0 atom stereocenters. The molecule has 3 aromatic rings. The maximum Gasteiger partial charge on any atom is 0.323 e. The number of tetrazole rings is 1. The molecule has 0 aliphatic heterocycles. The summed E-state index contributed by atoms with van der Waals surface area (Å²) in [5.41, 5.74) is 2.06. The predicted molar refractivity (Wildman–Crippen MR) is 83.7 cm³/mol. The van der Waals surface area contributed by atoms with Gasteiger partial charge < -0.3 is 10.6 Å². The Morgan fingerprint density at radius 2 is 1.82 bits per heavy atom. The minimum Gasteiger partial charge on any atom is -0.308 e. The van der Waals surface area contributed by atoms with Crippen LogP contribution < -0.4 is 10.6 Å². The first kappa shape index (κ1) is 14.0. The van der Waals surface area contributed by atoms with Crippen LogP contribution in [-0.4, -0.2) is 26.7 Å². The number of amides is 2. The van der Waals surface area contributed by atoms with Crippen LogP contribution in [-0.2, 0) is 0 Å². The SMILES string of the molecule is O=C(Nc1ccc(-c2nn[nH]n2)cc1)Nc1cccc(Cl)c1. The number of benzene rings is 2. The first-order valence-electron chi connectivity index (χ1n) is 6.38. The van der Waals surface area contributed by atoms with Gasteiger partial charge in [-0.15, -0.1) is 10.2 Å². The van der Waals surface area contributed by atoms with E-state index in [0.29, 0.717) is 22.2 Å². The van der Waals surface area contributed by atoms with Crippen molar-refractivity contribution in [3.05, 3.63) is 53.6 Å². The second kappa shape index (κ2) is 6.23. The topological polar surface area (TPSA) is 95.6 Å². The third-order valence-electron chi connectivity index (χ3n) is 2.83. The van der Waals surface area contributed by atoms with E-state index in [1.807, 2.05) is 0 Å². The van der Waals surface area contributed by atoms with Crippen LogP contribution in [0.5, 0.6) is 0 Å². The van der Waals surface area contributed by atoms with Gasteiger partial charge in [0.1, 0.15) is 0 Å². The van der Waals surface area contributed by atoms with Gasteiger partial charge in [-0.25, -0.2) is 4.79 Å². The van der Waals surface area contributed by atoms with Gasteiger partial charge in [-0.3, -0.25) is 0 Å². The normalized spacial score (nSPS) is 10.2. The molecule has 110 valence electrons. The minimum atomic E-state index is -0.352. The number of carbonyl (C=O) groups excluding carboxylic acids is 1. The van der Waals surface area contributed by atoms with E-state index in [1.54, 1.807) is 48.5 Å². The third-order valence-corrected chi connectivity index (χ3v) is 3.06. The fourth-order valence-electron chi connectivity index (χ4n) is 1.85. The lowest BCUT2D eigenvalue weighted by atomic mass is 10.2. The Labute approximate surface area is 130 Å². The highest BCUT2D eigenvalue weighted by Crippen LogP contribution is 2.18. The molecule has 22 heavy (non-hydrogen) atoms. The highest BCUT2D eigenvalue weighted by Gasteiger charge is 2.05. The number of H-pyrrole nitrogens is 1. The number of nitrogens with one attached hydrogen (secondary N) is 3. The van der Waals surface area contributed by atoms with Gasteiger partial charge in [0, 0.05) is 22.0 Å². The van der Waals surface area contributed by atoms with Crippen molar-refractivity contribution < 1.29 is 4.79 Å². The van der Waals surface area contributed by atoms with Crippen LogP contribution in [0.25, 0.3) is 11.4 Å². The first-order chi connectivity index (χ1) is 10.7. The second-order valence-electron chi connectivity index (χ2n) is 4.40. The number of urea groups is 1. The summed E-state index contributed by atoms with van der Waals surface area (Å²) < 4.78 is 0. The van der Waals surface area contributed by atoms with Gasteiger partial charge in [-0.1, -0.05) is 17.7 Å². The Hall–Kier alpha value is -2.93. The molecule has 1 heterocycles. The number of hydrogen-bond acceptors (Lipinski definition) is 4. The van der Waals surface area contributed by atoms with Crippen molar-refractivity contribution in [1.29, 1.82) is 0 Å². The molecular weight excluding hydrogens is 304 g/mol. The third kappa shape index (κ3) is 3.39. The maximum atomic E-state index is 11.9. The van der Waals surface area contributed by atoms with Crippen LogP contribution in [0, 0.1) is 0 Å². The van der Waals surface area contributed by atoms with Crippen LogP contribution in [0.15, 0.2) is 48.5 Å². The Kier molecular flexibility index (Phi) is 3.97. The Morgan fingerprint density at radius 1 is 1.05 bits per heavy atom. The summed E-state index contributed by atoms with van der Waals surface area (Å²) in [7, 11) is 0. The molecule has 2 amide bonds. The number of aromatic nitrogens is 4. The predicted octanol–water partition coefficient (Wildman–Crippen LogP) is 3.16. The Bertz CT molecular complexity index is 772. The van der Waals surface area contributed by atoms with E-state index in [4.69, 9.17) is 11.6 Å². The van der Waals surface area contributed by atoms with Crippen molar-refractivity contribution in [1.82, 2.24) is 20.6 Å². The molecule has 0 bridgehead atoms. The monoisotopic (exact) mass is 314 g/mol. The molecule has 0 unspecified atom stereocenters. The molecule has 1 aromatic heterocycles. The summed E-state index contributed by atoms with van der Waals surface area (Å²) in [6.45, 7) is 0. The van der Waals surface area contributed by atoms with Crippen molar-refractivity contribution in [3.8, 4) is 11.4 Å². The molecule has 0 fully saturated rings. The number of nitrogens with zero attached hydrogens (tertiary/aromatic N) is 3. The summed E-state index contributed by atoms with van der Waals surface area (Å²) >= 11 is 5.86. The van der Waals surface area contributed by atoms with Gasteiger partial charge in [0.15, 0.2) is 0 Å². The lowest BCUT2D eigenvalue weighted by Gasteiger charge is -2.08.